The summed E-state index contributed by atoms with van der Waals surface area (Å²) in [5.41, 5.74) is -0.840. The first-order valence-corrected chi connectivity index (χ1v) is 11.7. The number of alkyl halides is 3. The van der Waals surface area contributed by atoms with Crippen molar-refractivity contribution in [2.45, 2.75) is 26.1 Å². The zero-order valence-corrected chi connectivity index (χ0v) is 20.0. The number of halogens is 5. The van der Waals surface area contributed by atoms with Crippen LogP contribution in [0.15, 0.2) is 53.5 Å². The van der Waals surface area contributed by atoms with E-state index in [2.05, 4.69) is 15.5 Å². The molecule has 0 spiro atoms. The smallest absolute Gasteiger partial charge is 0.369 e. The van der Waals surface area contributed by atoms with Crippen LogP contribution in [-0.2, 0) is 6.54 Å². The number of hydrogen-bond acceptors (Lipinski definition) is 5. The molecule has 1 aliphatic rings. The van der Waals surface area contributed by atoms with Crippen molar-refractivity contribution >= 4 is 28.2 Å². The highest BCUT2D eigenvalue weighted by atomic mass is 19.4. The SMILES string of the molecule is C[C@H]1CCN(c2c(NC(=O)c3ccc(=O)n(-c4c(F)cccc4F)n3)ccc3c2cnn3CC(F)(F)F)C1. The summed E-state index contributed by atoms with van der Waals surface area (Å²) in [7, 11) is 0. The Balaban J connectivity index is 1.54. The predicted octanol–water partition coefficient (Wildman–Crippen LogP) is 4.52. The van der Waals surface area contributed by atoms with E-state index < -0.39 is 41.5 Å². The first-order valence-electron chi connectivity index (χ1n) is 11.7. The molecule has 2 aromatic carbocycles. The first kappa shape index (κ1) is 25.4. The summed E-state index contributed by atoms with van der Waals surface area (Å²) in [4.78, 5) is 27.4. The van der Waals surface area contributed by atoms with Gasteiger partial charge in [-0.2, -0.15) is 28.1 Å². The van der Waals surface area contributed by atoms with E-state index >= 15 is 0 Å². The number of amides is 1. The fourth-order valence-electron chi connectivity index (χ4n) is 4.59. The third-order valence-corrected chi connectivity index (χ3v) is 6.30. The van der Waals surface area contributed by atoms with Gasteiger partial charge in [0.25, 0.3) is 11.5 Å². The van der Waals surface area contributed by atoms with Crippen LogP contribution in [0.2, 0.25) is 0 Å². The Morgan fingerprint density at radius 2 is 1.82 bits per heavy atom. The molecule has 1 saturated heterocycles. The lowest BCUT2D eigenvalue weighted by atomic mass is 10.1. The van der Waals surface area contributed by atoms with Crippen LogP contribution >= 0.6 is 0 Å². The number of nitrogens with zero attached hydrogens (tertiary/aromatic N) is 5. The van der Waals surface area contributed by atoms with Crippen molar-refractivity contribution in [2.75, 3.05) is 23.3 Å². The van der Waals surface area contributed by atoms with Crippen molar-refractivity contribution in [3.63, 3.8) is 0 Å². The Hall–Kier alpha value is -4.29. The molecule has 1 amide bonds. The van der Waals surface area contributed by atoms with Crippen LogP contribution in [0.4, 0.5) is 33.3 Å². The molecular weight excluding hydrogens is 511 g/mol. The lowest BCUT2D eigenvalue weighted by Crippen LogP contribution is -2.27. The van der Waals surface area contributed by atoms with E-state index in [0.29, 0.717) is 40.5 Å². The lowest BCUT2D eigenvalue weighted by Gasteiger charge is -2.23. The topological polar surface area (TPSA) is 85.1 Å². The van der Waals surface area contributed by atoms with Gasteiger partial charge in [0.1, 0.15) is 17.9 Å². The van der Waals surface area contributed by atoms with E-state index in [1.165, 1.54) is 18.3 Å². The number of rotatable bonds is 5. The average molecular weight is 532 g/mol. The maximum atomic E-state index is 14.3. The normalized spacial score (nSPS) is 15.8. The van der Waals surface area contributed by atoms with E-state index in [9.17, 15) is 31.5 Å². The molecule has 1 aliphatic heterocycles. The Morgan fingerprint density at radius 1 is 1.08 bits per heavy atom. The van der Waals surface area contributed by atoms with Crippen LogP contribution in [-0.4, -0.2) is 44.7 Å². The van der Waals surface area contributed by atoms with Crippen LogP contribution in [0.3, 0.4) is 0 Å². The molecule has 38 heavy (non-hydrogen) atoms. The van der Waals surface area contributed by atoms with E-state index in [1.54, 1.807) is 0 Å². The molecular formula is C25H21F5N6O2. The van der Waals surface area contributed by atoms with Gasteiger partial charge >= 0.3 is 6.18 Å². The van der Waals surface area contributed by atoms with Crippen LogP contribution < -0.4 is 15.8 Å². The van der Waals surface area contributed by atoms with Gasteiger partial charge in [-0.25, -0.2) is 8.78 Å². The minimum Gasteiger partial charge on any atom is -0.369 e. The Bertz CT molecular complexity index is 1580. The second kappa shape index (κ2) is 9.54. The highest BCUT2D eigenvalue weighted by Crippen LogP contribution is 2.38. The Labute approximate surface area is 212 Å². The Kier molecular flexibility index (Phi) is 6.37. The summed E-state index contributed by atoms with van der Waals surface area (Å²) < 4.78 is 69.1. The number of anilines is 2. The van der Waals surface area contributed by atoms with Crippen molar-refractivity contribution in [1.29, 1.82) is 0 Å². The van der Waals surface area contributed by atoms with Gasteiger partial charge in [0.15, 0.2) is 11.6 Å². The van der Waals surface area contributed by atoms with E-state index in [-0.39, 0.29) is 11.2 Å². The van der Waals surface area contributed by atoms with Crippen LogP contribution in [0, 0.1) is 17.6 Å². The van der Waals surface area contributed by atoms with Gasteiger partial charge in [0, 0.05) is 24.5 Å². The van der Waals surface area contributed by atoms with Crippen LogP contribution in [0.5, 0.6) is 0 Å². The number of benzene rings is 2. The molecule has 0 unspecified atom stereocenters. The molecule has 2 aromatic heterocycles. The van der Waals surface area contributed by atoms with Crippen molar-refractivity contribution in [2.24, 2.45) is 5.92 Å². The van der Waals surface area contributed by atoms with E-state index in [1.807, 2.05) is 11.8 Å². The number of carbonyl (C=O) groups is 1. The van der Waals surface area contributed by atoms with Gasteiger partial charge in [0.2, 0.25) is 0 Å². The van der Waals surface area contributed by atoms with Gasteiger partial charge in [-0.1, -0.05) is 13.0 Å². The quantitative estimate of drug-likeness (QED) is 0.382. The van der Waals surface area contributed by atoms with Crippen molar-refractivity contribution < 1.29 is 26.7 Å². The molecule has 0 aliphatic carbocycles. The molecule has 3 heterocycles. The zero-order valence-electron chi connectivity index (χ0n) is 20.0. The van der Waals surface area contributed by atoms with Crippen molar-refractivity contribution in [3.05, 3.63) is 76.3 Å². The number of para-hydroxylation sites is 1. The number of fused-ring (bicyclic) bond motifs is 1. The summed E-state index contributed by atoms with van der Waals surface area (Å²) in [6, 6.07) is 8.01. The van der Waals surface area contributed by atoms with Crippen molar-refractivity contribution in [1.82, 2.24) is 19.6 Å². The minimum atomic E-state index is -4.47. The molecule has 198 valence electrons. The number of aromatic nitrogens is 4. The van der Waals surface area contributed by atoms with Gasteiger partial charge in [-0.3, -0.25) is 14.3 Å². The largest absolute Gasteiger partial charge is 0.408 e. The zero-order chi connectivity index (χ0) is 27.2. The standard InChI is InChI=1S/C25H21F5N6O2/c1-14-9-10-34(12-14)22-15-11-31-35(13-25(28,29)30)20(15)7-5-18(22)32-24(38)19-6-8-21(37)36(33-19)23-16(26)3-2-4-17(23)27/h2-8,11,14H,9-10,12-13H2,1H3,(H,32,38)/t14-/m0/s1. The van der Waals surface area contributed by atoms with Crippen LogP contribution in [0.1, 0.15) is 23.8 Å². The molecule has 8 nitrogen and oxygen atoms in total. The minimum absolute atomic E-state index is 0.247. The molecule has 13 heteroatoms. The van der Waals surface area contributed by atoms with Crippen molar-refractivity contribution in [3.8, 4) is 5.69 Å². The fourth-order valence-corrected chi connectivity index (χ4v) is 4.59. The number of carbonyl (C=O) groups excluding carboxylic acids is 1. The monoisotopic (exact) mass is 532 g/mol. The number of nitrogens with one attached hydrogen (secondary N) is 1. The second-order valence-electron chi connectivity index (χ2n) is 9.14. The lowest BCUT2D eigenvalue weighted by molar-refractivity contribution is -0.141. The predicted molar refractivity (Wildman–Crippen MR) is 129 cm³/mol. The van der Waals surface area contributed by atoms with Gasteiger partial charge in [-0.15, -0.1) is 0 Å². The summed E-state index contributed by atoms with van der Waals surface area (Å²) in [5, 5.41) is 10.9. The molecule has 1 atom stereocenters. The molecule has 0 bridgehead atoms. The second-order valence-corrected chi connectivity index (χ2v) is 9.14. The summed E-state index contributed by atoms with van der Waals surface area (Å²) >= 11 is 0. The highest BCUT2D eigenvalue weighted by molar-refractivity contribution is 6.08. The third kappa shape index (κ3) is 4.83. The average Bonchev–Trinajstić information content (AvgIpc) is 3.45. The maximum Gasteiger partial charge on any atom is 0.408 e. The summed E-state index contributed by atoms with van der Waals surface area (Å²) in [6.45, 7) is 2.00. The number of hydrogen-bond donors (Lipinski definition) is 1. The van der Waals surface area contributed by atoms with E-state index in [0.717, 1.165) is 41.4 Å². The van der Waals surface area contributed by atoms with E-state index in [4.69, 9.17) is 0 Å². The molecule has 0 radical (unpaired) electrons. The molecule has 4 aromatic rings. The van der Waals surface area contributed by atoms with Gasteiger partial charge in [0.05, 0.1) is 23.1 Å². The van der Waals surface area contributed by atoms with Gasteiger partial charge in [-0.05, 0) is 42.7 Å². The summed E-state index contributed by atoms with van der Waals surface area (Å²) in [6.07, 6.45) is -2.30. The van der Waals surface area contributed by atoms with Crippen LogP contribution in [0.25, 0.3) is 16.6 Å². The molecule has 0 saturated carbocycles. The molecule has 5 rings (SSSR count). The maximum absolute atomic E-state index is 14.3. The summed E-state index contributed by atoms with van der Waals surface area (Å²) in [5.74, 6) is -2.54. The molecule has 1 fully saturated rings. The highest BCUT2D eigenvalue weighted by Gasteiger charge is 2.31. The Morgan fingerprint density at radius 3 is 2.47 bits per heavy atom. The third-order valence-electron chi connectivity index (χ3n) is 6.30. The fraction of sp³-hybridized carbons (Fsp3) is 0.280. The van der Waals surface area contributed by atoms with Gasteiger partial charge < -0.3 is 10.2 Å². The molecule has 1 N–H and O–H groups in total. The first-order chi connectivity index (χ1) is 18.0.